The third-order valence-electron chi connectivity index (χ3n) is 3.67. The smallest absolute Gasteiger partial charge is 0.271 e. The molecule has 1 fully saturated rings. The standard InChI is InChI=1S/C17H22N4O/c1-12(2)11-21-17(22)13(10-19-14-6-7-14)9-16(20-21)15-5-3-4-8-18-15/h3-5,8-9,12,14,19H,6-7,10-11H2,1-2H3. The Bertz CT molecular complexity index is 690. The Morgan fingerprint density at radius 1 is 1.32 bits per heavy atom. The minimum Gasteiger partial charge on any atom is -0.310 e. The molecular weight excluding hydrogens is 276 g/mol. The molecule has 116 valence electrons. The summed E-state index contributed by atoms with van der Waals surface area (Å²) in [5, 5.41) is 7.91. The second-order valence-electron chi connectivity index (χ2n) is 6.31. The molecule has 0 aromatic carbocycles. The average molecular weight is 298 g/mol. The van der Waals surface area contributed by atoms with Gasteiger partial charge in [-0.2, -0.15) is 5.10 Å². The fraction of sp³-hybridized carbons (Fsp3) is 0.471. The van der Waals surface area contributed by atoms with Crippen LogP contribution in [0.3, 0.4) is 0 Å². The molecule has 22 heavy (non-hydrogen) atoms. The molecule has 0 spiro atoms. The molecule has 0 amide bonds. The summed E-state index contributed by atoms with van der Waals surface area (Å²) in [4.78, 5) is 16.9. The molecule has 0 saturated heterocycles. The van der Waals surface area contributed by atoms with Gasteiger partial charge in [0.1, 0.15) is 5.69 Å². The van der Waals surface area contributed by atoms with Gasteiger partial charge in [0.05, 0.1) is 5.69 Å². The van der Waals surface area contributed by atoms with E-state index in [2.05, 4.69) is 29.2 Å². The monoisotopic (exact) mass is 298 g/mol. The molecule has 1 aliphatic carbocycles. The molecule has 5 nitrogen and oxygen atoms in total. The first-order valence-electron chi connectivity index (χ1n) is 7.89. The summed E-state index contributed by atoms with van der Waals surface area (Å²) < 4.78 is 1.58. The fourth-order valence-electron chi connectivity index (χ4n) is 2.37. The van der Waals surface area contributed by atoms with E-state index >= 15 is 0 Å². The lowest BCUT2D eigenvalue weighted by Crippen LogP contribution is -2.31. The summed E-state index contributed by atoms with van der Waals surface area (Å²) >= 11 is 0. The maximum atomic E-state index is 12.6. The number of nitrogens with zero attached hydrogens (tertiary/aromatic N) is 3. The van der Waals surface area contributed by atoms with Gasteiger partial charge in [-0.3, -0.25) is 9.78 Å². The van der Waals surface area contributed by atoms with Crippen molar-refractivity contribution in [3.05, 3.63) is 46.4 Å². The molecule has 0 unspecified atom stereocenters. The first-order valence-corrected chi connectivity index (χ1v) is 7.89. The Labute approximate surface area is 130 Å². The van der Waals surface area contributed by atoms with Gasteiger partial charge in [0, 0.05) is 30.9 Å². The van der Waals surface area contributed by atoms with E-state index in [4.69, 9.17) is 0 Å². The van der Waals surface area contributed by atoms with Crippen molar-refractivity contribution in [3.8, 4) is 11.4 Å². The minimum absolute atomic E-state index is 0.00142. The molecule has 0 radical (unpaired) electrons. The number of pyridine rings is 1. The molecular formula is C17H22N4O. The molecule has 1 aliphatic rings. The molecule has 0 bridgehead atoms. The number of hydrogen-bond acceptors (Lipinski definition) is 4. The van der Waals surface area contributed by atoms with E-state index in [1.165, 1.54) is 12.8 Å². The Hall–Kier alpha value is -2.01. The number of hydrogen-bond donors (Lipinski definition) is 1. The lowest BCUT2D eigenvalue weighted by atomic mass is 10.2. The van der Waals surface area contributed by atoms with Gasteiger partial charge in [0.15, 0.2) is 0 Å². The van der Waals surface area contributed by atoms with Crippen molar-refractivity contribution in [3.63, 3.8) is 0 Å². The first-order chi connectivity index (χ1) is 10.6. The first kappa shape index (κ1) is 14.9. The molecule has 2 aromatic heterocycles. The maximum absolute atomic E-state index is 12.6. The molecule has 1 saturated carbocycles. The predicted molar refractivity (Wildman–Crippen MR) is 86.4 cm³/mol. The van der Waals surface area contributed by atoms with Crippen LogP contribution in [0.15, 0.2) is 35.3 Å². The zero-order valence-corrected chi connectivity index (χ0v) is 13.1. The van der Waals surface area contributed by atoms with E-state index in [1.807, 2.05) is 24.3 Å². The van der Waals surface area contributed by atoms with Gasteiger partial charge in [-0.05, 0) is 37.0 Å². The third kappa shape index (κ3) is 3.60. The van der Waals surface area contributed by atoms with Gasteiger partial charge in [0.25, 0.3) is 5.56 Å². The Morgan fingerprint density at radius 2 is 2.14 bits per heavy atom. The molecule has 5 heteroatoms. The van der Waals surface area contributed by atoms with Crippen molar-refractivity contribution in [2.45, 2.75) is 45.8 Å². The summed E-state index contributed by atoms with van der Waals surface area (Å²) in [7, 11) is 0. The molecule has 2 heterocycles. The van der Waals surface area contributed by atoms with Crippen LogP contribution < -0.4 is 10.9 Å². The normalized spacial score (nSPS) is 14.5. The topological polar surface area (TPSA) is 59.8 Å². The highest BCUT2D eigenvalue weighted by molar-refractivity contribution is 5.53. The molecule has 0 aliphatic heterocycles. The zero-order chi connectivity index (χ0) is 15.5. The van der Waals surface area contributed by atoms with Crippen LogP contribution >= 0.6 is 0 Å². The summed E-state index contributed by atoms with van der Waals surface area (Å²) in [5.41, 5.74) is 2.32. The Kier molecular flexibility index (Phi) is 4.34. The van der Waals surface area contributed by atoms with E-state index in [1.54, 1.807) is 10.9 Å². The summed E-state index contributed by atoms with van der Waals surface area (Å²) in [5.74, 6) is 0.369. The van der Waals surface area contributed by atoms with Crippen molar-refractivity contribution in [2.24, 2.45) is 5.92 Å². The minimum atomic E-state index is 0.00142. The molecule has 3 rings (SSSR count). The third-order valence-corrected chi connectivity index (χ3v) is 3.67. The number of rotatable bonds is 6. The van der Waals surface area contributed by atoms with E-state index in [0.717, 1.165) is 17.0 Å². The van der Waals surface area contributed by atoms with E-state index in [9.17, 15) is 4.79 Å². The van der Waals surface area contributed by atoms with E-state index < -0.39 is 0 Å². The zero-order valence-electron chi connectivity index (χ0n) is 13.1. The highest BCUT2D eigenvalue weighted by Gasteiger charge is 2.21. The van der Waals surface area contributed by atoms with Gasteiger partial charge in [-0.1, -0.05) is 19.9 Å². The lowest BCUT2D eigenvalue weighted by Gasteiger charge is -2.12. The Morgan fingerprint density at radius 3 is 2.77 bits per heavy atom. The maximum Gasteiger partial charge on any atom is 0.271 e. The second kappa shape index (κ2) is 6.40. The highest BCUT2D eigenvalue weighted by Crippen LogP contribution is 2.19. The van der Waals surface area contributed by atoms with Crippen molar-refractivity contribution in [1.29, 1.82) is 0 Å². The van der Waals surface area contributed by atoms with E-state index in [0.29, 0.717) is 25.0 Å². The molecule has 0 atom stereocenters. The van der Waals surface area contributed by atoms with Gasteiger partial charge in [-0.25, -0.2) is 4.68 Å². The quantitative estimate of drug-likeness (QED) is 0.888. The van der Waals surface area contributed by atoms with Crippen LogP contribution in [0.5, 0.6) is 0 Å². The van der Waals surface area contributed by atoms with Gasteiger partial charge >= 0.3 is 0 Å². The van der Waals surface area contributed by atoms with Gasteiger partial charge in [0.2, 0.25) is 0 Å². The largest absolute Gasteiger partial charge is 0.310 e. The average Bonchev–Trinajstić information content (AvgIpc) is 3.33. The molecule has 2 aromatic rings. The highest BCUT2D eigenvalue weighted by atomic mass is 16.1. The van der Waals surface area contributed by atoms with E-state index in [-0.39, 0.29) is 5.56 Å². The SMILES string of the molecule is CC(C)Cn1nc(-c2ccccn2)cc(CNC2CC2)c1=O. The van der Waals surface area contributed by atoms with Gasteiger partial charge < -0.3 is 5.32 Å². The van der Waals surface area contributed by atoms with Crippen LogP contribution in [0, 0.1) is 5.92 Å². The summed E-state index contributed by atoms with van der Waals surface area (Å²) in [6.45, 7) is 5.40. The van der Waals surface area contributed by atoms with Crippen LogP contribution in [0.25, 0.3) is 11.4 Å². The van der Waals surface area contributed by atoms with Crippen LogP contribution in [-0.2, 0) is 13.1 Å². The van der Waals surface area contributed by atoms with Crippen LogP contribution in [0.4, 0.5) is 0 Å². The van der Waals surface area contributed by atoms with Crippen molar-refractivity contribution < 1.29 is 0 Å². The summed E-state index contributed by atoms with van der Waals surface area (Å²) in [6.07, 6.45) is 4.16. The predicted octanol–water partition coefficient (Wildman–Crippen LogP) is 2.21. The van der Waals surface area contributed by atoms with Crippen molar-refractivity contribution >= 4 is 0 Å². The lowest BCUT2D eigenvalue weighted by molar-refractivity contribution is 0.460. The van der Waals surface area contributed by atoms with Crippen molar-refractivity contribution in [1.82, 2.24) is 20.1 Å². The van der Waals surface area contributed by atoms with Crippen LogP contribution in [0.2, 0.25) is 0 Å². The molecule has 1 N–H and O–H groups in total. The van der Waals surface area contributed by atoms with Crippen molar-refractivity contribution in [2.75, 3.05) is 0 Å². The number of aromatic nitrogens is 3. The van der Waals surface area contributed by atoms with Gasteiger partial charge in [-0.15, -0.1) is 0 Å². The number of nitrogens with one attached hydrogen (secondary N) is 1. The fourth-order valence-corrected chi connectivity index (χ4v) is 2.37. The second-order valence-corrected chi connectivity index (χ2v) is 6.31. The summed E-state index contributed by atoms with van der Waals surface area (Å²) in [6, 6.07) is 8.18. The van der Waals surface area contributed by atoms with Crippen LogP contribution in [0.1, 0.15) is 32.3 Å². The van der Waals surface area contributed by atoms with Crippen LogP contribution in [-0.4, -0.2) is 20.8 Å². The Balaban J connectivity index is 1.97.